The minimum absolute atomic E-state index is 0.832. The first-order valence-corrected chi connectivity index (χ1v) is 8.26. The maximum Gasteiger partial charge on any atom is 0.0236 e. The van der Waals surface area contributed by atoms with Gasteiger partial charge in [0.2, 0.25) is 0 Å². The molecule has 1 aliphatic rings. The van der Waals surface area contributed by atoms with Crippen LogP contribution >= 0.6 is 22.6 Å². The number of hydrogen-bond donors (Lipinski definition) is 0. The van der Waals surface area contributed by atoms with Crippen molar-refractivity contribution in [1.82, 2.24) is 4.90 Å². The molecule has 1 heterocycles. The van der Waals surface area contributed by atoms with Gasteiger partial charge in [0.1, 0.15) is 0 Å². The molecule has 0 bridgehead atoms. The monoisotopic (exact) mass is 343 g/mol. The standard InChI is InChI=1S/C15H22IN/c16-11-6-10-15-9-4-5-12-17(15)13-14-7-2-1-3-8-14/h1-3,7-8,15H,4-6,9-13H2. The number of alkyl halides is 1. The van der Waals surface area contributed by atoms with E-state index in [-0.39, 0.29) is 0 Å². The van der Waals surface area contributed by atoms with E-state index in [2.05, 4.69) is 57.8 Å². The van der Waals surface area contributed by atoms with Crippen molar-refractivity contribution in [3.63, 3.8) is 0 Å². The van der Waals surface area contributed by atoms with Crippen LogP contribution in [-0.4, -0.2) is 21.9 Å². The average molecular weight is 343 g/mol. The van der Waals surface area contributed by atoms with E-state index in [9.17, 15) is 0 Å². The molecule has 17 heavy (non-hydrogen) atoms. The summed E-state index contributed by atoms with van der Waals surface area (Å²) in [4.78, 5) is 2.70. The Balaban J connectivity index is 1.92. The van der Waals surface area contributed by atoms with Crippen LogP contribution in [0.25, 0.3) is 0 Å². The summed E-state index contributed by atoms with van der Waals surface area (Å²) in [6, 6.07) is 11.7. The van der Waals surface area contributed by atoms with Gasteiger partial charge < -0.3 is 0 Å². The molecule has 0 aliphatic carbocycles. The Kier molecular flexibility index (Phi) is 5.78. The molecule has 1 nitrogen and oxygen atoms in total. The highest BCUT2D eigenvalue weighted by Crippen LogP contribution is 2.23. The number of benzene rings is 1. The van der Waals surface area contributed by atoms with Crippen LogP contribution in [0.5, 0.6) is 0 Å². The molecule has 0 amide bonds. The molecular weight excluding hydrogens is 321 g/mol. The Labute approximate surface area is 119 Å². The zero-order valence-electron chi connectivity index (χ0n) is 10.4. The fourth-order valence-electron chi connectivity index (χ4n) is 2.73. The topological polar surface area (TPSA) is 3.24 Å². The quantitative estimate of drug-likeness (QED) is 0.571. The Morgan fingerprint density at radius 3 is 2.76 bits per heavy atom. The summed E-state index contributed by atoms with van der Waals surface area (Å²) in [5.41, 5.74) is 1.47. The predicted octanol–water partition coefficient (Wildman–Crippen LogP) is 4.26. The second kappa shape index (κ2) is 7.37. The van der Waals surface area contributed by atoms with Crippen LogP contribution in [0.4, 0.5) is 0 Å². The summed E-state index contributed by atoms with van der Waals surface area (Å²) in [6.45, 7) is 2.44. The third-order valence-corrected chi connectivity index (χ3v) is 4.41. The summed E-state index contributed by atoms with van der Waals surface area (Å²) in [5.74, 6) is 0. The number of halogens is 1. The molecule has 1 aromatic carbocycles. The second-order valence-corrected chi connectivity index (χ2v) is 6.02. The van der Waals surface area contributed by atoms with Crippen LogP contribution in [0, 0.1) is 0 Å². The molecule has 2 rings (SSSR count). The van der Waals surface area contributed by atoms with Crippen LogP contribution in [0.1, 0.15) is 37.7 Å². The van der Waals surface area contributed by atoms with Crippen LogP contribution in [0.15, 0.2) is 30.3 Å². The number of likely N-dealkylation sites (tertiary alicyclic amines) is 1. The van der Waals surface area contributed by atoms with Crippen molar-refractivity contribution < 1.29 is 0 Å². The third kappa shape index (κ3) is 4.25. The van der Waals surface area contributed by atoms with Gasteiger partial charge in [-0.2, -0.15) is 0 Å². The van der Waals surface area contributed by atoms with E-state index in [1.807, 2.05) is 0 Å². The average Bonchev–Trinajstić information content (AvgIpc) is 2.39. The van der Waals surface area contributed by atoms with Gasteiger partial charge >= 0.3 is 0 Å². The fourth-order valence-corrected chi connectivity index (χ4v) is 3.17. The first kappa shape index (κ1) is 13.3. The molecule has 0 N–H and O–H groups in total. The van der Waals surface area contributed by atoms with Gasteiger partial charge in [-0.3, -0.25) is 4.90 Å². The van der Waals surface area contributed by atoms with Crippen molar-refractivity contribution >= 4 is 22.6 Å². The van der Waals surface area contributed by atoms with E-state index in [4.69, 9.17) is 0 Å². The van der Waals surface area contributed by atoms with Crippen molar-refractivity contribution in [3.05, 3.63) is 35.9 Å². The maximum absolute atomic E-state index is 2.70. The Bertz CT molecular complexity index is 312. The summed E-state index contributed by atoms with van der Waals surface area (Å²) in [5, 5.41) is 0. The van der Waals surface area contributed by atoms with E-state index >= 15 is 0 Å². The van der Waals surface area contributed by atoms with E-state index < -0.39 is 0 Å². The van der Waals surface area contributed by atoms with E-state index in [1.54, 1.807) is 0 Å². The van der Waals surface area contributed by atoms with Crippen molar-refractivity contribution in [2.75, 3.05) is 11.0 Å². The van der Waals surface area contributed by atoms with Gasteiger partial charge in [-0.1, -0.05) is 59.3 Å². The molecule has 1 saturated heterocycles. The molecule has 1 fully saturated rings. The summed E-state index contributed by atoms with van der Waals surface area (Å²) in [7, 11) is 0. The lowest BCUT2D eigenvalue weighted by Crippen LogP contribution is -2.38. The summed E-state index contributed by atoms with van der Waals surface area (Å²) >= 11 is 2.50. The Morgan fingerprint density at radius 2 is 2.00 bits per heavy atom. The molecular formula is C15H22IN. The number of hydrogen-bond acceptors (Lipinski definition) is 1. The molecule has 0 saturated carbocycles. The van der Waals surface area contributed by atoms with E-state index in [1.165, 1.54) is 48.6 Å². The summed E-state index contributed by atoms with van der Waals surface area (Å²) < 4.78 is 1.30. The molecule has 0 aromatic heterocycles. The van der Waals surface area contributed by atoms with Gasteiger partial charge in [-0.15, -0.1) is 0 Å². The van der Waals surface area contributed by atoms with Gasteiger partial charge in [0.25, 0.3) is 0 Å². The maximum atomic E-state index is 2.70. The molecule has 0 radical (unpaired) electrons. The van der Waals surface area contributed by atoms with E-state index in [0.29, 0.717) is 0 Å². The van der Waals surface area contributed by atoms with Crippen LogP contribution in [0.3, 0.4) is 0 Å². The zero-order chi connectivity index (χ0) is 11.9. The SMILES string of the molecule is ICCCC1CCCCN1Cc1ccccc1. The molecule has 2 heteroatoms. The van der Waals surface area contributed by atoms with Gasteiger partial charge in [-0.25, -0.2) is 0 Å². The lowest BCUT2D eigenvalue weighted by molar-refractivity contribution is 0.132. The van der Waals surface area contributed by atoms with Crippen LogP contribution in [-0.2, 0) is 6.54 Å². The third-order valence-electron chi connectivity index (χ3n) is 3.65. The fraction of sp³-hybridized carbons (Fsp3) is 0.600. The summed E-state index contributed by atoms with van der Waals surface area (Å²) in [6.07, 6.45) is 6.97. The van der Waals surface area contributed by atoms with Gasteiger partial charge in [0.15, 0.2) is 0 Å². The molecule has 1 unspecified atom stereocenters. The highest BCUT2D eigenvalue weighted by Gasteiger charge is 2.21. The minimum Gasteiger partial charge on any atom is -0.296 e. The molecule has 0 spiro atoms. The molecule has 1 aliphatic heterocycles. The van der Waals surface area contributed by atoms with E-state index in [0.717, 1.165) is 12.6 Å². The highest BCUT2D eigenvalue weighted by molar-refractivity contribution is 14.1. The first-order chi connectivity index (χ1) is 8.40. The van der Waals surface area contributed by atoms with Crippen molar-refractivity contribution in [1.29, 1.82) is 0 Å². The van der Waals surface area contributed by atoms with Crippen molar-refractivity contribution in [2.45, 2.75) is 44.7 Å². The predicted molar refractivity (Wildman–Crippen MR) is 82.6 cm³/mol. The normalized spacial score (nSPS) is 21.6. The van der Waals surface area contributed by atoms with Crippen molar-refractivity contribution in [2.24, 2.45) is 0 Å². The zero-order valence-corrected chi connectivity index (χ0v) is 12.6. The van der Waals surface area contributed by atoms with Crippen LogP contribution < -0.4 is 0 Å². The van der Waals surface area contributed by atoms with Gasteiger partial charge in [-0.05, 0) is 42.2 Å². The van der Waals surface area contributed by atoms with Crippen molar-refractivity contribution in [3.8, 4) is 0 Å². The first-order valence-electron chi connectivity index (χ1n) is 6.74. The molecule has 94 valence electrons. The number of rotatable bonds is 5. The second-order valence-electron chi connectivity index (χ2n) is 4.94. The smallest absolute Gasteiger partial charge is 0.0236 e. The highest BCUT2D eigenvalue weighted by atomic mass is 127. The van der Waals surface area contributed by atoms with Gasteiger partial charge in [0, 0.05) is 12.6 Å². The molecule has 1 atom stereocenters. The lowest BCUT2D eigenvalue weighted by atomic mass is 9.97. The largest absolute Gasteiger partial charge is 0.296 e. The lowest BCUT2D eigenvalue weighted by Gasteiger charge is -2.35. The van der Waals surface area contributed by atoms with Crippen LogP contribution in [0.2, 0.25) is 0 Å². The minimum atomic E-state index is 0.832. The Hall–Kier alpha value is -0.0900. The molecule has 1 aromatic rings. The number of piperidine rings is 1. The Morgan fingerprint density at radius 1 is 1.18 bits per heavy atom. The number of nitrogens with zero attached hydrogens (tertiary/aromatic N) is 1. The van der Waals surface area contributed by atoms with Gasteiger partial charge in [0.05, 0.1) is 0 Å².